The van der Waals surface area contributed by atoms with Crippen LogP contribution in [0.25, 0.3) is 0 Å². The van der Waals surface area contributed by atoms with Crippen LogP contribution >= 0.6 is 0 Å². The summed E-state index contributed by atoms with van der Waals surface area (Å²) in [6.07, 6.45) is 7.94. The zero-order valence-corrected chi connectivity index (χ0v) is 19.1. The average molecular weight is 443 g/mol. The number of aromatic nitrogens is 2. The van der Waals surface area contributed by atoms with E-state index in [-0.39, 0.29) is 29.9 Å². The fourth-order valence-corrected chi connectivity index (χ4v) is 5.39. The van der Waals surface area contributed by atoms with Crippen molar-refractivity contribution in [2.45, 2.75) is 76.4 Å². The first-order chi connectivity index (χ1) is 15.6. The summed E-state index contributed by atoms with van der Waals surface area (Å²) >= 11 is 0. The third-order valence-electron chi connectivity index (χ3n) is 7.10. The van der Waals surface area contributed by atoms with Crippen LogP contribution < -0.4 is 5.32 Å². The van der Waals surface area contributed by atoms with Gasteiger partial charge in [-0.25, -0.2) is 9.18 Å². The van der Waals surface area contributed by atoms with Crippen molar-refractivity contribution < 1.29 is 13.9 Å². The minimum atomic E-state index is -0.163. The van der Waals surface area contributed by atoms with Gasteiger partial charge in [-0.05, 0) is 81.5 Å². The fourth-order valence-electron chi connectivity index (χ4n) is 5.39. The molecule has 6 nitrogen and oxygen atoms in total. The number of hydrogen-bond donors (Lipinski definition) is 2. The summed E-state index contributed by atoms with van der Waals surface area (Å²) in [5.41, 5.74) is 3.34. The molecule has 2 N–H and O–H groups in total. The van der Waals surface area contributed by atoms with E-state index in [2.05, 4.69) is 22.4 Å². The van der Waals surface area contributed by atoms with Gasteiger partial charge in [0.25, 0.3) is 0 Å². The summed E-state index contributed by atoms with van der Waals surface area (Å²) < 4.78 is 20.0. The standard InChI is InChI=1S/C25H35FN4O2/c1-3-27-25(31)30-13-5-8-22(24-17(2)15-28-29-24)23(30)16-32-21-11-9-18(10-12-21)19-6-4-7-20(26)14-19/h4,6-7,14-15,18,21-23H,3,5,8-13,16H2,1-2H3,(H,27,31)(H,28,29)/t18?,21?,22-,23-/m0/s1. The zero-order chi connectivity index (χ0) is 22.5. The molecule has 1 saturated heterocycles. The number of H-pyrrole nitrogens is 1. The van der Waals surface area contributed by atoms with E-state index in [0.29, 0.717) is 19.1 Å². The summed E-state index contributed by atoms with van der Waals surface area (Å²) in [7, 11) is 0. The van der Waals surface area contributed by atoms with Gasteiger partial charge in [0.15, 0.2) is 0 Å². The third kappa shape index (κ3) is 5.14. The third-order valence-corrected chi connectivity index (χ3v) is 7.10. The topological polar surface area (TPSA) is 70.2 Å². The van der Waals surface area contributed by atoms with Crippen molar-refractivity contribution >= 4 is 6.03 Å². The van der Waals surface area contributed by atoms with E-state index in [1.165, 1.54) is 6.07 Å². The maximum Gasteiger partial charge on any atom is 0.317 e. The van der Waals surface area contributed by atoms with Crippen molar-refractivity contribution in [3.8, 4) is 0 Å². The SMILES string of the molecule is CCNC(=O)N1CCC[C@H](c2[nH]ncc2C)[C@@H]1COC1CCC(c2cccc(F)c2)CC1. The summed E-state index contributed by atoms with van der Waals surface area (Å²) in [6.45, 7) is 5.89. The number of aryl methyl sites for hydroxylation is 1. The Labute approximate surface area is 189 Å². The van der Waals surface area contributed by atoms with Gasteiger partial charge < -0.3 is 15.0 Å². The van der Waals surface area contributed by atoms with Crippen LogP contribution in [-0.4, -0.2) is 53.0 Å². The number of nitrogens with zero attached hydrogens (tertiary/aromatic N) is 2. The molecule has 1 saturated carbocycles. The maximum absolute atomic E-state index is 13.6. The molecule has 32 heavy (non-hydrogen) atoms. The second kappa shape index (κ2) is 10.5. The molecule has 4 rings (SSSR count). The molecular formula is C25H35FN4O2. The highest BCUT2D eigenvalue weighted by Crippen LogP contribution is 2.37. The molecule has 0 radical (unpaired) electrons. The van der Waals surface area contributed by atoms with E-state index >= 15 is 0 Å². The largest absolute Gasteiger partial charge is 0.376 e. The number of likely N-dealkylation sites (tertiary alicyclic amines) is 1. The van der Waals surface area contributed by atoms with Gasteiger partial charge in [0.2, 0.25) is 0 Å². The molecule has 2 heterocycles. The zero-order valence-electron chi connectivity index (χ0n) is 19.1. The predicted molar refractivity (Wildman–Crippen MR) is 122 cm³/mol. The Hall–Kier alpha value is -2.41. The normalized spacial score (nSPS) is 26.2. The number of halogens is 1. The Morgan fingerprint density at radius 3 is 2.78 bits per heavy atom. The van der Waals surface area contributed by atoms with E-state index in [0.717, 1.165) is 61.9 Å². The molecule has 2 atom stereocenters. The van der Waals surface area contributed by atoms with Gasteiger partial charge in [0.1, 0.15) is 5.82 Å². The van der Waals surface area contributed by atoms with Gasteiger partial charge in [-0.3, -0.25) is 5.10 Å². The molecule has 2 aliphatic rings. The number of ether oxygens (including phenoxy) is 1. The van der Waals surface area contributed by atoms with Crippen molar-refractivity contribution in [3.05, 3.63) is 53.1 Å². The van der Waals surface area contributed by atoms with Gasteiger partial charge >= 0.3 is 6.03 Å². The summed E-state index contributed by atoms with van der Waals surface area (Å²) in [6, 6.07) is 6.95. The molecule has 1 aromatic heterocycles. The Morgan fingerprint density at radius 2 is 2.09 bits per heavy atom. The molecule has 174 valence electrons. The van der Waals surface area contributed by atoms with E-state index in [4.69, 9.17) is 4.74 Å². The number of rotatable bonds is 6. The molecule has 1 aromatic carbocycles. The second-order valence-electron chi connectivity index (χ2n) is 9.17. The highest BCUT2D eigenvalue weighted by molar-refractivity contribution is 5.74. The lowest BCUT2D eigenvalue weighted by Crippen LogP contribution is -2.53. The molecule has 2 amide bonds. The monoisotopic (exact) mass is 442 g/mol. The number of carbonyl (C=O) groups is 1. The van der Waals surface area contributed by atoms with Crippen LogP contribution in [0.3, 0.4) is 0 Å². The van der Waals surface area contributed by atoms with Crippen molar-refractivity contribution in [1.82, 2.24) is 20.4 Å². The van der Waals surface area contributed by atoms with Crippen molar-refractivity contribution in [1.29, 1.82) is 0 Å². The lowest BCUT2D eigenvalue weighted by molar-refractivity contribution is -0.0171. The van der Waals surface area contributed by atoms with Crippen LogP contribution in [0, 0.1) is 12.7 Å². The number of nitrogens with one attached hydrogen (secondary N) is 2. The van der Waals surface area contributed by atoms with Crippen molar-refractivity contribution in [2.75, 3.05) is 19.7 Å². The quantitative estimate of drug-likeness (QED) is 0.670. The van der Waals surface area contributed by atoms with Crippen molar-refractivity contribution in [3.63, 3.8) is 0 Å². The summed E-state index contributed by atoms with van der Waals surface area (Å²) in [4.78, 5) is 14.7. The molecule has 0 bridgehead atoms. The summed E-state index contributed by atoms with van der Waals surface area (Å²) in [5.74, 6) is 0.425. The van der Waals surface area contributed by atoms with E-state index < -0.39 is 0 Å². The number of aromatic amines is 1. The van der Waals surface area contributed by atoms with Gasteiger partial charge in [-0.1, -0.05) is 12.1 Å². The molecule has 2 aromatic rings. The number of urea groups is 1. The first-order valence-electron chi connectivity index (χ1n) is 12.0. The maximum atomic E-state index is 13.6. The minimum Gasteiger partial charge on any atom is -0.376 e. The number of hydrogen-bond acceptors (Lipinski definition) is 3. The van der Waals surface area contributed by atoms with Gasteiger partial charge in [0, 0.05) is 24.7 Å². The van der Waals surface area contributed by atoms with E-state index in [1.807, 2.05) is 24.1 Å². The Balaban J connectivity index is 1.40. The minimum absolute atomic E-state index is 0.0159. The molecule has 7 heteroatoms. The highest BCUT2D eigenvalue weighted by Gasteiger charge is 2.37. The molecule has 0 spiro atoms. The molecule has 2 fully saturated rings. The Morgan fingerprint density at radius 1 is 1.28 bits per heavy atom. The Kier molecular flexibility index (Phi) is 7.45. The second-order valence-corrected chi connectivity index (χ2v) is 9.17. The summed E-state index contributed by atoms with van der Waals surface area (Å²) in [5, 5.41) is 10.4. The van der Waals surface area contributed by atoms with Crippen LogP contribution in [-0.2, 0) is 4.74 Å². The molecule has 1 aliphatic heterocycles. The number of carbonyl (C=O) groups excluding carboxylic acids is 1. The van der Waals surface area contributed by atoms with Gasteiger partial charge in [0.05, 0.1) is 24.9 Å². The van der Waals surface area contributed by atoms with Crippen LogP contribution in [0.1, 0.15) is 74.1 Å². The number of piperidine rings is 1. The average Bonchev–Trinajstić information content (AvgIpc) is 3.23. The van der Waals surface area contributed by atoms with Gasteiger partial charge in [-0.15, -0.1) is 0 Å². The lowest BCUT2D eigenvalue weighted by Gasteiger charge is -2.42. The van der Waals surface area contributed by atoms with Gasteiger partial charge in [-0.2, -0.15) is 5.10 Å². The fraction of sp³-hybridized carbons (Fsp3) is 0.600. The first-order valence-corrected chi connectivity index (χ1v) is 12.0. The van der Waals surface area contributed by atoms with Crippen LogP contribution in [0.2, 0.25) is 0 Å². The smallest absolute Gasteiger partial charge is 0.317 e. The molecular weight excluding hydrogens is 407 g/mol. The lowest BCUT2D eigenvalue weighted by atomic mass is 9.82. The molecule has 0 unspecified atom stereocenters. The van der Waals surface area contributed by atoms with Crippen LogP contribution in [0.5, 0.6) is 0 Å². The Bertz CT molecular complexity index is 894. The van der Waals surface area contributed by atoms with Crippen LogP contribution in [0.15, 0.2) is 30.5 Å². The van der Waals surface area contributed by atoms with E-state index in [1.54, 1.807) is 12.1 Å². The van der Waals surface area contributed by atoms with Crippen LogP contribution in [0.4, 0.5) is 9.18 Å². The highest BCUT2D eigenvalue weighted by atomic mass is 19.1. The number of amides is 2. The van der Waals surface area contributed by atoms with Crippen molar-refractivity contribution in [2.24, 2.45) is 0 Å². The van der Waals surface area contributed by atoms with E-state index in [9.17, 15) is 9.18 Å². The first kappa shape index (κ1) is 22.8. The number of benzene rings is 1. The predicted octanol–water partition coefficient (Wildman–Crippen LogP) is 4.88. The molecule has 1 aliphatic carbocycles.